The minimum Gasteiger partial charge on any atom is -0.488 e. The second-order valence-corrected chi connectivity index (χ2v) is 7.44. The Morgan fingerprint density at radius 1 is 1.19 bits per heavy atom. The van der Waals surface area contributed by atoms with E-state index in [4.69, 9.17) is 4.74 Å². The number of ether oxygens (including phenoxy) is 1. The van der Waals surface area contributed by atoms with Crippen LogP contribution in [0.25, 0.3) is 0 Å². The Bertz CT molecular complexity index is 751. The first-order valence-electron chi connectivity index (χ1n) is 8.65. The van der Waals surface area contributed by atoms with E-state index in [1.165, 1.54) is 6.07 Å². The van der Waals surface area contributed by atoms with E-state index in [1.54, 1.807) is 13.0 Å². The van der Waals surface area contributed by atoms with Crippen LogP contribution in [0, 0.1) is 6.92 Å². The van der Waals surface area contributed by atoms with Gasteiger partial charge in [0, 0.05) is 12.1 Å². The van der Waals surface area contributed by atoms with Crippen LogP contribution in [0.15, 0.2) is 42.5 Å². The first-order chi connectivity index (χ1) is 12.2. The number of rotatable bonds is 7. The quantitative estimate of drug-likeness (QED) is 0.704. The summed E-state index contributed by atoms with van der Waals surface area (Å²) in [5, 5.41) is 23.2. The first kappa shape index (κ1) is 19.9. The monoisotopic (exact) mass is 357 g/mol. The van der Waals surface area contributed by atoms with Gasteiger partial charge >= 0.3 is 5.97 Å². The van der Waals surface area contributed by atoms with Crippen molar-refractivity contribution in [2.75, 3.05) is 6.54 Å². The van der Waals surface area contributed by atoms with E-state index in [2.05, 4.69) is 5.32 Å². The van der Waals surface area contributed by atoms with Gasteiger partial charge in [0.05, 0.1) is 6.10 Å². The Hall–Kier alpha value is -2.37. The van der Waals surface area contributed by atoms with Crippen molar-refractivity contribution in [3.05, 3.63) is 64.7 Å². The molecule has 0 aromatic heterocycles. The molecule has 0 aliphatic heterocycles. The fourth-order valence-electron chi connectivity index (χ4n) is 2.60. The van der Waals surface area contributed by atoms with Crippen LogP contribution in [-0.4, -0.2) is 28.3 Å². The molecule has 26 heavy (non-hydrogen) atoms. The second-order valence-electron chi connectivity index (χ2n) is 7.44. The third kappa shape index (κ3) is 5.58. The molecule has 3 N–H and O–H groups in total. The van der Waals surface area contributed by atoms with Gasteiger partial charge in [0.15, 0.2) is 0 Å². The van der Waals surface area contributed by atoms with Gasteiger partial charge < -0.3 is 20.3 Å². The van der Waals surface area contributed by atoms with Gasteiger partial charge in [-0.1, -0.05) is 30.3 Å². The SMILES string of the molecule is Cc1cc(C(O)CNC(C)(C)C)cc(C(=O)O)c1OCc1ccccc1. The van der Waals surface area contributed by atoms with E-state index in [-0.39, 0.29) is 17.7 Å². The maximum atomic E-state index is 11.7. The van der Waals surface area contributed by atoms with Gasteiger partial charge in [-0.05, 0) is 56.5 Å². The molecule has 0 radical (unpaired) electrons. The van der Waals surface area contributed by atoms with E-state index in [1.807, 2.05) is 51.1 Å². The standard InChI is InChI=1S/C21H27NO4/c1-14-10-16(18(23)12-22-21(2,3)4)11-17(20(24)25)19(14)26-13-15-8-6-5-7-9-15/h5-11,18,22-23H,12-13H2,1-4H3,(H,24,25). The number of β-amino-alcohol motifs (C(OH)–C–C–N with tert-alkyl or cyclic N) is 1. The average Bonchev–Trinajstić information content (AvgIpc) is 2.58. The zero-order valence-corrected chi connectivity index (χ0v) is 15.7. The van der Waals surface area contributed by atoms with Gasteiger partial charge in [0.1, 0.15) is 17.9 Å². The summed E-state index contributed by atoms with van der Waals surface area (Å²) < 4.78 is 5.79. The zero-order chi connectivity index (χ0) is 19.3. The fourth-order valence-corrected chi connectivity index (χ4v) is 2.60. The number of hydrogen-bond acceptors (Lipinski definition) is 4. The van der Waals surface area contributed by atoms with Gasteiger partial charge in [-0.25, -0.2) is 4.79 Å². The van der Waals surface area contributed by atoms with Crippen LogP contribution >= 0.6 is 0 Å². The van der Waals surface area contributed by atoms with Crippen LogP contribution in [0.2, 0.25) is 0 Å². The molecule has 0 amide bonds. The summed E-state index contributed by atoms with van der Waals surface area (Å²) in [6.07, 6.45) is -0.797. The Kier molecular flexibility index (Phi) is 6.40. The first-order valence-corrected chi connectivity index (χ1v) is 8.65. The van der Waals surface area contributed by atoms with Crippen LogP contribution in [0.1, 0.15) is 53.9 Å². The average molecular weight is 357 g/mol. The molecule has 0 fully saturated rings. The Morgan fingerprint density at radius 2 is 1.85 bits per heavy atom. The highest BCUT2D eigenvalue weighted by molar-refractivity contribution is 5.91. The predicted octanol–water partition coefficient (Wildman–Crippen LogP) is 3.69. The van der Waals surface area contributed by atoms with Crippen molar-refractivity contribution < 1.29 is 19.7 Å². The molecular weight excluding hydrogens is 330 g/mol. The van der Waals surface area contributed by atoms with E-state index in [0.29, 0.717) is 23.4 Å². The van der Waals surface area contributed by atoms with Crippen molar-refractivity contribution in [3.63, 3.8) is 0 Å². The number of nitrogens with one attached hydrogen (secondary N) is 1. The molecular formula is C21H27NO4. The summed E-state index contributed by atoms with van der Waals surface area (Å²) in [6, 6.07) is 12.8. The van der Waals surface area contributed by atoms with Crippen LogP contribution in [0.3, 0.4) is 0 Å². The lowest BCUT2D eigenvalue weighted by molar-refractivity contribution is 0.0691. The molecule has 0 spiro atoms. The molecule has 0 saturated heterocycles. The normalized spacial score (nSPS) is 12.7. The molecule has 2 rings (SSSR count). The van der Waals surface area contributed by atoms with Gasteiger partial charge in [-0.2, -0.15) is 0 Å². The molecule has 0 bridgehead atoms. The highest BCUT2D eigenvalue weighted by Gasteiger charge is 2.20. The van der Waals surface area contributed by atoms with E-state index < -0.39 is 12.1 Å². The van der Waals surface area contributed by atoms with Crippen molar-refractivity contribution in [2.24, 2.45) is 0 Å². The molecule has 1 unspecified atom stereocenters. The van der Waals surface area contributed by atoms with Crippen molar-refractivity contribution in [1.82, 2.24) is 5.32 Å². The molecule has 0 heterocycles. The highest BCUT2D eigenvalue weighted by atomic mass is 16.5. The summed E-state index contributed by atoms with van der Waals surface area (Å²) in [4.78, 5) is 11.7. The minimum absolute atomic E-state index is 0.0609. The lowest BCUT2D eigenvalue weighted by Crippen LogP contribution is -2.38. The van der Waals surface area contributed by atoms with Crippen molar-refractivity contribution in [3.8, 4) is 5.75 Å². The summed E-state index contributed by atoms with van der Waals surface area (Å²) in [7, 11) is 0. The lowest BCUT2D eigenvalue weighted by atomic mass is 10.00. The maximum Gasteiger partial charge on any atom is 0.339 e. The van der Waals surface area contributed by atoms with Crippen molar-refractivity contribution >= 4 is 5.97 Å². The number of hydrogen-bond donors (Lipinski definition) is 3. The van der Waals surface area contributed by atoms with Crippen molar-refractivity contribution in [1.29, 1.82) is 0 Å². The van der Waals surface area contributed by atoms with E-state index in [9.17, 15) is 15.0 Å². The third-order valence-corrected chi connectivity index (χ3v) is 3.96. The topological polar surface area (TPSA) is 78.8 Å². The van der Waals surface area contributed by atoms with Crippen LogP contribution < -0.4 is 10.1 Å². The van der Waals surface area contributed by atoms with Crippen LogP contribution in [-0.2, 0) is 6.61 Å². The lowest BCUT2D eigenvalue weighted by Gasteiger charge is -2.23. The number of benzene rings is 2. The molecule has 5 heteroatoms. The number of carboxylic acids is 1. The van der Waals surface area contributed by atoms with Gasteiger partial charge in [0.25, 0.3) is 0 Å². The number of aliphatic hydroxyl groups excluding tert-OH is 1. The molecule has 2 aromatic carbocycles. The Labute approximate surface area is 154 Å². The molecule has 5 nitrogen and oxygen atoms in total. The third-order valence-electron chi connectivity index (χ3n) is 3.96. The molecule has 0 saturated carbocycles. The predicted molar refractivity (Wildman–Crippen MR) is 102 cm³/mol. The maximum absolute atomic E-state index is 11.7. The largest absolute Gasteiger partial charge is 0.488 e. The Balaban J connectivity index is 2.23. The zero-order valence-electron chi connectivity index (χ0n) is 15.7. The number of aliphatic hydroxyl groups is 1. The Morgan fingerprint density at radius 3 is 2.42 bits per heavy atom. The van der Waals surface area contributed by atoms with Gasteiger partial charge in [-0.3, -0.25) is 0 Å². The van der Waals surface area contributed by atoms with Crippen LogP contribution in [0.5, 0.6) is 5.75 Å². The highest BCUT2D eigenvalue weighted by Crippen LogP contribution is 2.29. The molecule has 0 aliphatic carbocycles. The minimum atomic E-state index is -1.08. The molecule has 1 atom stereocenters. The number of aromatic carboxylic acids is 1. The molecule has 2 aromatic rings. The van der Waals surface area contributed by atoms with Gasteiger partial charge in [0.2, 0.25) is 0 Å². The fraction of sp³-hybridized carbons (Fsp3) is 0.381. The van der Waals surface area contributed by atoms with E-state index in [0.717, 1.165) is 5.56 Å². The molecule has 140 valence electrons. The second kappa shape index (κ2) is 8.34. The van der Waals surface area contributed by atoms with E-state index >= 15 is 0 Å². The number of aryl methyl sites for hydroxylation is 1. The summed E-state index contributed by atoms with van der Waals surface area (Å²) >= 11 is 0. The summed E-state index contributed by atoms with van der Waals surface area (Å²) in [5.41, 5.74) is 2.13. The molecule has 0 aliphatic rings. The summed E-state index contributed by atoms with van der Waals surface area (Å²) in [5.74, 6) is -0.741. The number of carboxylic acid groups (broad SMARTS) is 1. The van der Waals surface area contributed by atoms with Gasteiger partial charge in [-0.15, -0.1) is 0 Å². The number of carbonyl (C=O) groups is 1. The smallest absolute Gasteiger partial charge is 0.339 e. The summed E-state index contributed by atoms with van der Waals surface area (Å²) in [6.45, 7) is 8.44. The van der Waals surface area contributed by atoms with Crippen LogP contribution in [0.4, 0.5) is 0 Å². The van der Waals surface area contributed by atoms with Crippen molar-refractivity contribution in [2.45, 2.75) is 45.9 Å².